The number of fused-ring (bicyclic) bond motifs is 1. The number of urea groups is 1. The number of sulfonamides is 1. The molecule has 1 aromatic carbocycles. The summed E-state index contributed by atoms with van der Waals surface area (Å²) >= 11 is 0. The van der Waals surface area contributed by atoms with Crippen molar-refractivity contribution in [2.24, 2.45) is 5.92 Å². The predicted octanol–water partition coefficient (Wildman–Crippen LogP) is 1.24. The summed E-state index contributed by atoms with van der Waals surface area (Å²) in [7, 11) is -2.31. The van der Waals surface area contributed by atoms with Crippen LogP contribution in [0.25, 0.3) is 0 Å². The molecule has 1 aliphatic heterocycles. The Hall–Kier alpha value is -2.32. The van der Waals surface area contributed by atoms with Gasteiger partial charge in [0.25, 0.3) is 0 Å². The lowest BCUT2D eigenvalue weighted by Crippen LogP contribution is -2.51. The average Bonchev–Trinajstić information content (AvgIpc) is 2.73. The lowest BCUT2D eigenvalue weighted by molar-refractivity contribution is 0.0809. The Morgan fingerprint density at radius 1 is 1.33 bits per heavy atom. The van der Waals surface area contributed by atoms with Gasteiger partial charge in [0.15, 0.2) is 0 Å². The molecule has 0 saturated carbocycles. The topological polar surface area (TPSA) is 119 Å². The number of carbonyl (C=O) groups is 1. The van der Waals surface area contributed by atoms with Crippen LogP contribution in [-0.2, 0) is 10.0 Å². The quantitative estimate of drug-likeness (QED) is 0.545. The number of aliphatic hydroxyl groups is 2. The summed E-state index contributed by atoms with van der Waals surface area (Å²) in [5, 5.41) is 22.0. The molecule has 3 N–H and O–H groups in total. The first kappa shape index (κ1) is 26.9. The van der Waals surface area contributed by atoms with E-state index < -0.39 is 28.3 Å². The zero-order valence-corrected chi connectivity index (χ0v) is 20.9. The van der Waals surface area contributed by atoms with Gasteiger partial charge in [0.2, 0.25) is 10.0 Å². The summed E-state index contributed by atoms with van der Waals surface area (Å²) in [6.45, 7) is 8.78. The number of nitrogens with one attached hydrogen (secondary N) is 1. The monoisotopic (exact) mass is 481 g/mol. The highest BCUT2D eigenvalue weighted by Crippen LogP contribution is 2.34. The zero-order valence-electron chi connectivity index (χ0n) is 20.1. The first-order chi connectivity index (χ1) is 15.4. The summed E-state index contributed by atoms with van der Waals surface area (Å²) < 4.78 is 34.4. The van der Waals surface area contributed by atoms with E-state index in [0.717, 1.165) is 0 Å². The van der Waals surface area contributed by atoms with Crippen molar-refractivity contribution < 1.29 is 28.2 Å². The predicted molar refractivity (Wildman–Crippen MR) is 125 cm³/mol. The van der Waals surface area contributed by atoms with Crippen molar-refractivity contribution in [1.29, 1.82) is 0 Å². The standard InChI is InChI=1S/C23H35N3O6S/c1-15(2)24-23(29)25(6)13-21-16(3)12-26(17(4)14-27)33(30,31)22-10-9-19(8-7-18(5)28)11-20(22)32-21/h9-11,15-18,21,27-28H,12-14H2,1-6H3,(H,24,29)/t16-,17+,18-,21-/m0/s1. The molecule has 33 heavy (non-hydrogen) atoms. The fraction of sp³-hybridized carbons (Fsp3) is 0.609. The first-order valence-electron chi connectivity index (χ1n) is 11.0. The number of hydrogen-bond donors (Lipinski definition) is 3. The Bertz CT molecular complexity index is 999. The van der Waals surface area contributed by atoms with Crippen LogP contribution in [0.1, 0.15) is 40.2 Å². The summed E-state index contributed by atoms with van der Waals surface area (Å²) in [6.07, 6.45) is -1.35. The number of benzene rings is 1. The van der Waals surface area contributed by atoms with Crippen molar-refractivity contribution >= 4 is 16.1 Å². The summed E-state index contributed by atoms with van der Waals surface area (Å²) in [5.74, 6) is 5.27. The van der Waals surface area contributed by atoms with Crippen molar-refractivity contribution in [2.75, 3.05) is 26.7 Å². The van der Waals surface area contributed by atoms with E-state index in [9.17, 15) is 23.4 Å². The molecule has 0 fully saturated rings. The zero-order chi connectivity index (χ0) is 24.9. The Morgan fingerprint density at radius 2 is 2.00 bits per heavy atom. The van der Waals surface area contributed by atoms with Crippen molar-refractivity contribution in [3.05, 3.63) is 23.8 Å². The average molecular weight is 482 g/mol. The third-order valence-electron chi connectivity index (χ3n) is 5.31. The number of hydrogen-bond acceptors (Lipinski definition) is 6. The smallest absolute Gasteiger partial charge is 0.317 e. The van der Waals surface area contributed by atoms with Crippen LogP contribution in [0.3, 0.4) is 0 Å². The number of rotatable bonds is 5. The van der Waals surface area contributed by atoms with Crippen LogP contribution >= 0.6 is 0 Å². The Balaban J connectivity index is 2.53. The minimum absolute atomic E-state index is 0.0301. The minimum atomic E-state index is -3.96. The van der Waals surface area contributed by atoms with E-state index in [2.05, 4.69) is 17.2 Å². The molecule has 0 bridgehead atoms. The van der Waals surface area contributed by atoms with E-state index in [4.69, 9.17) is 4.74 Å². The fourth-order valence-electron chi connectivity index (χ4n) is 3.42. The fourth-order valence-corrected chi connectivity index (χ4v) is 5.24. The molecule has 2 amide bonds. The normalized spacial score (nSPS) is 22.0. The molecule has 0 radical (unpaired) electrons. The maximum atomic E-state index is 13.4. The van der Waals surface area contributed by atoms with Gasteiger partial charge in [-0.15, -0.1) is 0 Å². The van der Waals surface area contributed by atoms with Gasteiger partial charge < -0.3 is 25.2 Å². The van der Waals surface area contributed by atoms with Gasteiger partial charge in [-0.3, -0.25) is 0 Å². The van der Waals surface area contributed by atoms with Crippen molar-refractivity contribution in [1.82, 2.24) is 14.5 Å². The van der Waals surface area contributed by atoms with Crippen LogP contribution in [0.5, 0.6) is 5.75 Å². The Morgan fingerprint density at radius 3 is 2.58 bits per heavy atom. The third kappa shape index (κ3) is 6.84. The number of ether oxygens (including phenoxy) is 1. The lowest BCUT2D eigenvalue weighted by Gasteiger charge is -2.37. The number of aliphatic hydroxyl groups excluding tert-OH is 2. The summed E-state index contributed by atoms with van der Waals surface area (Å²) in [4.78, 5) is 13.9. The molecule has 4 atom stereocenters. The van der Waals surface area contributed by atoms with Gasteiger partial charge in [-0.25, -0.2) is 13.2 Å². The largest absolute Gasteiger partial charge is 0.487 e. The lowest BCUT2D eigenvalue weighted by atomic mass is 10.0. The van der Waals surface area contributed by atoms with E-state index in [1.165, 1.54) is 28.3 Å². The third-order valence-corrected chi connectivity index (χ3v) is 7.32. The number of nitrogens with zero attached hydrogens (tertiary/aromatic N) is 2. The molecule has 1 aliphatic rings. The highest BCUT2D eigenvalue weighted by atomic mass is 32.2. The van der Waals surface area contributed by atoms with Crippen LogP contribution in [0.2, 0.25) is 0 Å². The molecule has 10 heteroatoms. The molecule has 184 valence electrons. The summed E-state index contributed by atoms with van der Waals surface area (Å²) in [5.41, 5.74) is 0.490. The second kappa shape index (κ2) is 11.2. The Labute approximate surface area is 196 Å². The molecule has 0 saturated heterocycles. The number of amides is 2. The van der Waals surface area contributed by atoms with Crippen LogP contribution in [-0.4, -0.2) is 84.9 Å². The molecule has 2 rings (SSSR count). The SMILES string of the molecule is CC(C)NC(=O)N(C)C[C@@H]1Oc2cc(C#C[C@H](C)O)ccc2S(=O)(=O)N([C@H](C)CO)C[C@@H]1C. The van der Waals surface area contributed by atoms with E-state index >= 15 is 0 Å². The second-order valence-corrected chi connectivity index (χ2v) is 10.7. The molecule has 0 aliphatic carbocycles. The highest BCUT2D eigenvalue weighted by molar-refractivity contribution is 7.89. The number of likely N-dealkylation sites (N-methyl/N-ethyl adjacent to an activating group) is 1. The Kier molecular flexibility index (Phi) is 9.14. The second-order valence-electron chi connectivity index (χ2n) is 8.83. The van der Waals surface area contributed by atoms with Gasteiger partial charge in [0.05, 0.1) is 13.2 Å². The van der Waals surface area contributed by atoms with Crippen molar-refractivity contribution in [2.45, 2.75) is 63.8 Å². The van der Waals surface area contributed by atoms with Crippen molar-refractivity contribution in [3.8, 4) is 17.6 Å². The molecule has 0 spiro atoms. The van der Waals surface area contributed by atoms with Crippen LogP contribution in [0.15, 0.2) is 23.1 Å². The summed E-state index contributed by atoms with van der Waals surface area (Å²) in [6, 6.07) is 3.59. The van der Waals surface area contributed by atoms with Crippen LogP contribution in [0.4, 0.5) is 4.79 Å². The van der Waals surface area contributed by atoms with E-state index in [-0.39, 0.29) is 48.3 Å². The van der Waals surface area contributed by atoms with E-state index in [1.54, 1.807) is 20.0 Å². The van der Waals surface area contributed by atoms with Gasteiger partial charge in [0.1, 0.15) is 22.9 Å². The first-order valence-corrected chi connectivity index (χ1v) is 12.5. The van der Waals surface area contributed by atoms with Crippen LogP contribution < -0.4 is 10.1 Å². The van der Waals surface area contributed by atoms with E-state index in [0.29, 0.717) is 5.56 Å². The molecule has 0 unspecified atom stereocenters. The van der Waals surface area contributed by atoms with E-state index in [1.807, 2.05) is 20.8 Å². The highest BCUT2D eigenvalue weighted by Gasteiger charge is 2.38. The number of carbonyl (C=O) groups excluding carboxylic acids is 1. The van der Waals surface area contributed by atoms with Crippen LogP contribution in [0, 0.1) is 17.8 Å². The van der Waals surface area contributed by atoms with Gasteiger partial charge in [-0.2, -0.15) is 4.31 Å². The van der Waals surface area contributed by atoms with Crippen molar-refractivity contribution in [3.63, 3.8) is 0 Å². The van der Waals surface area contributed by atoms with Gasteiger partial charge in [-0.05, 0) is 45.9 Å². The van der Waals surface area contributed by atoms with Gasteiger partial charge >= 0.3 is 6.03 Å². The molecule has 0 aromatic heterocycles. The molecular weight excluding hydrogens is 446 g/mol. The van der Waals surface area contributed by atoms with Gasteiger partial charge in [0, 0.05) is 37.2 Å². The van der Waals surface area contributed by atoms with Gasteiger partial charge in [-0.1, -0.05) is 18.8 Å². The molecule has 1 aromatic rings. The minimum Gasteiger partial charge on any atom is -0.487 e. The maximum Gasteiger partial charge on any atom is 0.317 e. The molecule has 9 nitrogen and oxygen atoms in total. The maximum absolute atomic E-state index is 13.4. The molecule has 1 heterocycles. The molecular formula is C23H35N3O6S.